The van der Waals surface area contributed by atoms with Gasteiger partial charge in [-0.05, 0) is 31.0 Å². The molecular weight excluding hydrogens is 204 g/mol. The number of carbonyl (C=O) groups is 1. The van der Waals surface area contributed by atoms with Gasteiger partial charge in [0.2, 0.25) is 0 Å². The van der Waals surface area contributed by atoms with Crippen molar-refractivity contribution in [1.29, 1.82) is 0 Å². The first-order chi connectivity index (χ1) is 6.45. The number of hydrogen-bond donors (Lipinski definition) is 2. The summed E-state index contributed by atoms with van der Waals surface area (Å²) in [6, 6.07) is 2.98. The van der Waals surface area contributed by atoms with Crippen LogP contribution in [0.5, 0.6) is 0 Å². The molecule has 0 unspecified atom stereocenters. The molecule has 1 atom stereocenters. The fourth-order valence-electron chi connectivity index (χ4n) is 1.26. The molecule has 76 valence electrons. The van der Waals surface area contributed by atoms with E-state index < -0.39 is 12.1 Å². The second kappa shape index (κ2) is 3.98. The van der Waals surface area contributed by atoms with Crippen molar-refractivity contribution in [3.8, 4) is 0 Å². The molecule has 0 bridgehead atoms. The zero-order valence-corrected chi connectivity index (χ0v) is 8.67. The van der Waals surface area contributed by atoms with Crippen LogP contribution in [-0.4, -0.2) is 16.2 Å². The Morgan fingerprint density at radius 2 is 2.07 bits per heavy atom. The van der Waals surface area contributed by atoms with Crippen LogP contribution in [0.15, 0.2) is 12.1 Å². The van der Waals surface area contributed by atoms with Gasteiger partial charge in [-0.3, -0.25) is 0 Å². The SMILES string of the molecule is Cc1c(C(=O)O)ccc([C@H](C)O)c1Cl. The first-order valence-corrected chi connectivity index (χ1v) is 4.53. The Hall–Kier alpha value is -1.06. The van der Waals surface area contributed by atoms with Gasteiger partial charge in [0, 0.05) is 0 Å². The molecule has 2 N–H and O–H groups in total. The van der Waals surface area contributed by atoms with Gasteiger partial charge in [0.25, 0.3) is 0 Å². The van der Waals surface area contributed by atoms with Gasteiger partial charge >= 0.3 is 5.97 Å². The lowest BCUT2D eigenvalue weighted by Gasteiger charge is -2.11. The van der Waals surface area contributed by atoms with Crippen molar-refractivity contribution in [1.82, 2.24) is 0 Å². The highest BCUT2D eigenvalue weighted by atomic mass is 35.5. The minimum atomic E-state index is -1.01. The van der Waals surface area contributed by atoms with Gasteiger partial charge in [-0.15, -0.1) is 0 Å². The van der Waals surface area contributed by atoms with Gasteiger partial charge < -0.3 is 10.2 Å². The van der Waals surface area contributed by atoms with Crippen LogP contribution in [0.1, 0.15) is 34.5 Å². The van der Waals surface area contributed by atoms with E-state index in [-0.39, 0.29) is 5.56 Å². The smallest absolute Gasteiger partial charge is 0.336 e. The van der Waals surface area contributed by atoms with E-state index in [4.69, 9.17) is 16.7 Å². The number of aliphatic hydroxyl groups excluding tert-OH is 1. The van der Waals surface area contributed by atoms with Crippen LogP contribution in [0.4, 0.5) is 0 Å². The summed E-state index contributed by atoms with van der Waals surface area (Å²) in [5, 5.41) is 18.4. The second-order valence-corrected chi connectivity index (χ2v) is 3.50. The Balaban J connectivity index is 3.33. The van der Waals surface area contributed by atoms with Crippen molar-refractivity contribution in [2.24, 2.45) is 0 Å². The zero-order chi connectivity index (χ0) is 10.9. The van der Waals surface area contributed by atoms with E-state index in [1.807, 2.05) is 0 Å². The van der Waals surface area contributed by atoms with E-state index in [0.29, 0.717) is 16.1 Å². The largest absolute Gasteiger partial charge is 0.478 e. The number of benzene rings is 1. The molecule has 0 heterocycles. The van der Waals surface area contributed by atoms with E-state index in [1.165, 1.54) is 12.1 Å². The first kappa shape index (κ1) is 11.0. The van der Waals surface area contributed by atoms with Crippen LogP contribution < -0.4 is 0 Å². The summed E-state index contributed by atoms with van der Waals surface area (Å²) in [6.45, 7) is 3.21. The molecule has 0 amide bonds. The van der Waals surface area contributed by atoms with Crippen LogP contribution in [0.3, 0.4) is 0 Å². The average molecular weight is 215 g/mol. The number of carboxylic acids is 1. The molecule has 0 saturated carbocycles. The maximum absolute atomic E-state index is 10.7. The summed E-state index contributed by atoms with van der Waals surface area (Å²) in [6.07, 6.45) is -0.691. The fraction of sp³-hybridized carbons (Fsp3) is 0.300. The number of aliphatic hydroxyl groups is 1. The molecule has 0 aliphatic rings. The third-order valence-electron chi connectivity index (χ3n) is 2.10. The van der Waals surface area contributed by atoms with E-state index in [0.717, 1.165) is 0 Å². The number of rotatable bonds is 2. The van der Waals surface area contributed by atoms with Crippen molar-refractivity contribution < 1.29 is 15.0 Å². The highest BCUT2D eigenvalue weighted by Crippen LogP contribution is 2.28. The van der Waals surface area contributed by atoms with E-state index >= 15 is 0 Å². The maximum atomic E-state index is 10.7. The Bertz CT molecular complexity index is 372. The number of halogens is 1. The molecule has 0 aromatic heterocycles. The molecule has 1 aromatic carbocycles. The summed E-state index contributed by atoms with van der Waals surface area (Å²) >= 11 is 5.91. The molecule has 0 aliphatic carbocycles. The number of aromatic carboxylic acids is 1. The maximum Gasteiger partial charge on any atom is 0.336 e. The third kappa shape index (κ3) is 1.89. The highest BCUT2D eigenvalue weighted by molar-refractivity contribution is 6.32. The monoisotopic (exact) mass is 214 g/mol. The normalized spacial score (nSPS) is 12.6. The summed E-state index contributed by atoms with van der Waals surface area (Å²) in [4.78, 5) is 10.7. The minimum absolute atomic E-state index is 0.166. The van der Waals surface area contributed by atoms with Crippen LogP contribution in [-0.2, 0) is 0 Å². The highest BCUT2D eigenvalue weighted by Gasteiger charge is 2.14. The van der Waals surface area contributed by atoms with Crippen molar-refractivity contribution in [3.05, 3.63) is 33.8 Å². The topological polar surface area (TPSA) is 57.5 Å². The van der Waals surface area contributed by atoms with Crippen LogP contribution in [0.2, 0.25) is 5.02 Å². The molecule has 3 nitrogen and oxygen atoms in total. The molecule has 0 spiro atoms. The quantitative estimate of drug-likeness (QED) is 0.795. The lowest BCUT2D eigenvalue weighted by atomic mass is 10.0. The van der Waals surface area contributed by atoms with Gasteiger partial charge in [-0.1, -0.05) is 17.7 Å². The van der Waals surface area contributed by atoms with Crippen molar-refractivity contribution >= 4 is 17.6 Å². The van der Waals surface area contributed by atoms with E-state index in [1.54, 1.807) is 13.8 Å². The average Bonchev–Trinajstić information content (AvgIpc) is 2.08. The molecule has 0 radical (unpaired) electrons. The van der Waals surface area contributed by atoms with Crippen LogP contribution >= 0.6 is 11.6 Å². The van der Waals surface area contributed by atoms with Gasteiger partial charge in [0.05, 0.1) is 16.7 Å². The molecule has 1 aromatic rings. The van der Waals surface area contributed by atoms with Gasteiger partial charge in [0.1, 0.15) is 0 Å². The molecule has 1 rings (SSSR count). The van der Waals surface area contributed by atoms with Crippen molar-refractivity contribution in [2.75, 3.05) is 0 Å². The standard InChI is InChI=1S/C10H11ClO3/c1-5-7(10(13)14)3-4-8(6(2)12)9(5)11/h3-4,6,12H,1-2H3,(H,13,14)/t6-/m0/s1. The first-order valence-electron chi connectivity index (χ1n) is 4.15. The minimum Gasteiger partial charge on any atom is -0.478 e. The van der Waals surface area contributed by atoms with E-state index in [9.17, 15) is 9.90 Å². The summed E-state index contributed by atoms with van der Waals surface area (Å²) in [7, 11) is 0. The molecule has 0 saturated heterocycles. The molecule has 14 heavy (non-hydrogen) atoms. The molecule has 4 heteroatoms. The van der Waals surface area contributed by atoms with Gasteiger partial charge in [-0.25, -0.2) is 4.79 Å². The predicted octanol–water partition coefficient (Wildman–Crippen LogP) is 2.40. The number of carboxylic acid groups (broad SMARTS) is 1. The van der Waals surface area contributed by atoms with Crippen LogP contribution in [0, 0.1) is 6.92 Å². The Kier molecular flexibility index (Phi) is 3.13. The Labute approximate surface area is 86.9 Å². The summed E-state index contributed by atoms with van der Waals surface area (Å²) in [5.74, 6) is -1.01. The summed E-state index contributed by atoms with van der Waals surface area (Å²) in [5.41, 5.74) is 1.20. The zero-order valence-electron chi connectivity index (χ0n) is 7.91. The lowest BCUT2D eigenvalue weighted by molar-refractivity contribution is 0.0696. The van der Waals surface area contributed by atoms with Crippen LogP contribution in [0.25, 0.3) is 0 Å². The lowest BCUT2D eigenvalue weighted by Crippen LogP contribution is -2.03. The Morgan fingerprint density at radius 3 is 2.50 bits per heavy atom. The van der Waals surface area contributed by atoms with Gasteiger partial charge in [0.15, 0.2) is 0 Å². The van der Waals surface area contributed by atoms with Gasteiger partial charge in [-0.2, -0.15) is 0 Å². The van der Waals surface area contributed by atoms with Crippen molar-refractivity contribution in [3.63, 3.8) is 0 Å². The summed E-state index contributed by atoms with van der Waals surface area (Å²) < 4.78 is 0. The fourth-order valence-corrected chi connectivity index (χ4v) is 1.58. The third-order valence-corrected chi connectivity index (χ3v) is 2.60. The molecule has 0 fully saturated rings. The van der Waals surface area contributed by atoms with Crippen molar-refractivity contribution in [2.45, 2.75) is 20.0 Å². The predicted molar refractivity (Wildman–Crippen MR) is 53.8 cm³/mol. The molecule has 0 aliphatic heterocycles. The Morgan fingerprint density at radius 1 is 1.50 bits per heavy atom. The van der Waals surface area contributed by atoms with E-state index in [2.05, 4.69) is 0 Å². The second-order valence-electron chi connectivity index (χ2n) is 3.12. The molecular formula is C10H11ClO3. The number of hydrogen-bond acceptors (Lipinski definition) is 2.